The number of amides is 1. The van der Waals surface area contributed by atoms with Gasteiger partial charge in [0.25, 0.3) is 5.91 Å². The number of aromatic nitrogens is 1. The molecule has 1 aromatic heterocycles. The summed E-state index contributed by atoms with van der Waals surface area (Å²) in [4.78, 5) is 15.8. The van der Waals surface area contributed by atoms with Crippen LogP contribution < -0.4 is 5.32 Å². The van der Waals surface area contributed by atoms with Gasteiger partial charge in [0.15, 0.2) is 0 Å². The van der Waals surface area contributed by atoms with E-state index in [-0.39, 0.29) is 11.1 Å². The molecule has 0 spiro atoms. The largest absolute Gasteiger partial charge is 0.378 e. The average Bonchev–Trinajstić information content (AvgIpc) is 2.86. The fraction of sp³-hybridized carbons (Fsp3) is 0.500. The van der Waals surface area contributed by atoms with E-state index in [2.05, 4.69) is 10.3 Å². The zero-order chi connectivity index (χ0) is 13.0. The molecule has 1 aromatic rings. The third-order valence-electron chi connectivity index (χ3n) is 3.07. The Kier molecular flexibility index (Phi) is 4.16. The van der Waals surface area contributed by atoms with E-state index < -0.39 is 5.60 Å². The van der Waals surface area contributed by atoms with Crippen LogP contribution in [0.4, 0.5) is 0 Å². The molecule has 5 nitrogen and oxygen atoms in total. The molecule has 1 aliphatic rings. The van der Waals surface area contributed by atoms with Crippen molar-refractivity contribution in [1.82, 2.24) is 10.3 Å². The normalized spacial score (nSPS) is 23.0. The lowest BCUT2D eigenvalue weighted by Gasteiger charge is -2.25. The lowest BCUT2D eigenvalue weighted by Crippen LogP contribution is -2.45. The minimum absolute atomic E-state index is 0.198. The molecule has 1 N–H and O–H groups in total. The number of methoxy groups -OCH3 is 1. The summed E-state index contributed by atoms with van der Waals surface area (Å²) in [6.07, 6.45) is 2.31. The summed E-state index contributed by atoms with van der Waals surface area (Å²) >= 11 is 5.86. The highest BCUT2D eigenvalue weighted by molar-refractivity contribution is 6.32. The third kappa shape index (κ3) is 2.80. The molecule has 6 heteroatoms. The molecule has 1 aliphatic heterocycles. The van der Waals surface area contributed by atoms with E-state index in [1.807, 2.05) is 0 Å². The van der Waals surface area contributed by atoms with Gasteiger partial charge in [-0.15, -0.1) is 0 Å². The molecule has 0 aromatic carbocycles. The third-order valence-corrected chi connectivity index (χ3v) is 3.38. The first-order valence-corrected chi connectivity index (χ1v) is 6.06. The maximum atomic E-state index is 11.9. The van der Waals surface area contributed by atoms with E-state index in [0.717, 1.165) is 6.42 Å². The van der Waals surface area contributed by atoms with Gasteiger partial charge in [-0.05, 0) is 12.1 Å². The van der Waals surface area contributed by atoms with E-state index in [9.17, 15) is 4.79 Å². The molecular formula is C12H15ClN2O3. The van der Waals surface area contributed by atoms with Crippen LogP contribution in [0.3, 0.4) is 0 Å². The van der Waals surface area contributed by atoms with E-state index in [0.29, 0.717) is 25.3 Å². The number of rotatable bonds is 4. The smallest absolute Gasteiger partial charge is 0.254 e. The second-order valence-corrected chi connectivity index (χ2v) is 4.57. The van der Waals surface area contributed by atoms with Crippen molar-refractivity contribution >= 4 is 17.5 Å². The maximum absolute atomic E-state index is 11.9. The second kappa shape index (κ2) is 5.65. The van der Waals surface area contributed by atoms with Crippen LogP contribution in [0.25, 0.3) is 0 Å². The molecular weight excluding hydrogens is 256 g/mol. The van der Waals surface area contributed by atoms with Gasteiger partial charge in [0, 0.05) is 32.9 Å². The molecule has 1 amide bonds. The standard InChI is InChI=1S/C12H15ClN2O3/c1-17-12(4-6-18-8-12)7-15-11(16)9-3-2-5-14-10(9)13/h2-3,5H,4,6-8H2,1H3,(H,15,16). The van der Waals surface area contributed by atoms with E-state index in [4.69, 9.17) is 21.1 Å². The predicted molar refractivity (Wildman–Crippen MR) is 66.8 cm³/mol. The Labute approximate surface area is 110 Å². The summed E-state index contributed by atoms with van der Waals surface area (Å²) in [7, 11) is 1.62. The van der Waals surface area contributed by atoms with Gasteiger partial charge in [-0.3, -0.25) is 4.79 Å². The Morgan fingerprint density at radius 1 is 1.72 bits per heavy atom. The van der Waals surface area contributed by atoms with Crippen LogP contribution >= 0.6 is 11.6 Å². The van der Waals surface area contributed by atoms with Crippen molar-refractivity contribution in [2.24, 2.45) is 0 Å². The lowest BCUT2D eigenvalue weighted by atomic mass is 10.0. The topological polar surface area (TPSA) is 60.5 Å². The molecule has 0 radical (unpaired) electrons. The summed E-state index contributed by atoms with van der Waals surface area (Å²) in [5.74, 6) is -0.253. The minimum Gasteiger partial charge on any atom is -0.378 e. The van der Waals surface area contributed by atoms with Crippen molar-refractivity contribution in [3.05, 3.63) is 29.0 Å². The van der Waals surface area contributed by atoms with Crippen LogP contribution in [-0.4, -0.2) is 43.4 Å². The quantitative estimate of drug-likeness (QED) is 0.837. The Morgan fingerprint density at radius 2 is 2.56 bits per heavy atom. The molecule has 18 heavy (non-hydrogen) atoms. The van der Waals surface area contributed by atoms with Crippen molar-refractivity contribution < 1.29 is 14.3 Å². The van der Waals surface area contributed by atoms with Crippen molar-refractivity contribution in [3.63, 3.8) is 0 Å². The Balaban J connectivity index is 1.98. The van der Waals surface area contributed by atoms with Gasteiger partial charge in [0.05, 0.1) is 12.2 Å². The van der Waals surface area contributed by atoms with Crippen LogP contribution in [0.15, 0.2) is 18.3 Å². The van der Waals surface area contributed by atoms with Crippen molar-refractivity contribution in [3.8, 4) is 0 Å². The number of nitrogens with zero attached hydrogens (tertiary/aromatic N) is 1. The van der Waals surface area contributed by atoms with Crippen LogP contribution in [0, 0.1) is 0 Å². The van der Waals surface area contributed by atoms with E-state index in [1.54, 1.807) is 25.4 Å². The molecule has 1 saturated heterocycles. The number of carbonyl (C=O) groups excluding carboxylic acids is 1. The Hall–Kier alpha value is -1.17. The van der Waals surface area contributed by atoms with Crippen LogP contribution in [0.2, 0.25) is 5.15 Å². The molecule has 0 bridgehead atoms. The zero-order valence-corrected chi connectivity index (χ0v) is 10.9. The fourth-order valence-corrected chi connectivity index (χ4v) is 2.06. The van der Waals surface area contributed by atoms with E-state index >= 15 is 0 Å². The average molecular weight is 271 g/mol. The molecule has 2 heterocycles. The molecule has 0 saturated carbocycles. The van der Waals surface area contributed by atoms with Crippen LogP contribution in [0.1, 0.15) is 16.8 Å². The number of carbonyl (C=O) groups is 1. The number of ether oxygens (including phenoxy) is 2. The van der Waals surface area contributed by atoms with Gasteiger partial charge in [-0.1, -0.05) is 11.6 Å². The molecule has 98 valence electrons. The first-order chi connectivity index (χ1) is 8.67. The van der Waals surface area contributed by atoms with Gasteiger partial charge in [0.2, 0.25) is 0 Å². The molecule has 2 rings (SSSR count). The van der Waals surface area contributed by atoms with Gasteiger partial charge < -0.3 is 14.8 Å². The monoisotopic (exact) mass is 270 g/mol. The summed E-state index contributed by atoms with van der Waals surface area (Å²) in [5.41, 5.74) is -0.0611. The lowest BCUT2D eigenvalue weighted by molar-refractivity contribution is -0.0148. The highest BCUT2D eigenvalue weighted by atomic mass is 35.5. The zero-order valence-electron chi connectivity index (χ0n) is 10.1. The van der Waals surface area contributed by atoms with Crippen molar-refractivity contribution in [2.75, 3.05) is 26.9 Å². The SMILES string of the molecule is COC1(CNC(=O)c2cccnc2Cl)CCOC1. The first kappa shape index (κ1) is 13.3. The van der Waals surface area contributed by atoms with Gasteiger partial charge in [-0.2, -0.15) is 0 Å². The first-order valence-electron chi connectivity index (χ1n) is 5.68. The number of hydrogen-bond donors (Lipinski definition) is 1. The summed E-state index contributed by atoms with van der Waals surface area (Å²) < 4.78 is 10.7. The molecule has 1 unspecified atom stereocenters. The van der Waals surface area contributed by atoms with Gasteiger partial charge in [0.1, 0.15) is 10.8 Å². The number of nitrogens with one attached hydrogen (secondary N) is 1. The summed E-state index contributed by atoms with van der Waals surface area (Å²) in [5, 5.41) is 3.00. The van der Waals surface area contributed by atoms with Crippen molar-refractivity contribution in [1.29, 1.82) is 0 Å². The molecule has 0 aliphatic carbocycles. The maximum Gasteiger partial charge on any atom is 0.254 e. The minimum atomic E-state index is -0.426. The number of pyridine rings is 1. The highest BCUT2D eigenvalue weighted by Crippen LogP contribution is 2.21. The number of halogens is 1. The van der Waals surface area contributed by atoms with Crippen LogP contribution in [-0.2, 0) is 9.47 Å². The van der Waals surface area contributed by atoms with E-state index in [1.165, 1.54) is 0 Å². The highest BCUT2D eigenvalue weighted by Gasteiger charge is 2.35. The van der Waals surface area contributed by atoms with Gasteiger partial charge >= 0.3 is 0 Å². The number of hydrogen-bond acceptors (Lipinski definition) is 4. The summed E-state index contributed by atoms with van der Waals surface area (Å²) in [6, 6.07) is 3.31. The molecule has 1 atom stereocenters. The Morgan fingerprint density at radius 3 is 3.17 bits per heavy atom. The molecule has 1 fully saturated rings. The second-order valence-electron chi connectivity index (χ2n) is 4.21. The van der Waals surface area contributed by atoms with Crippen LogP contribution in [0.5, 0.6) is 0 Å². The van der Waals surface area contributed by atoms with Gasteiger partial charge in [-0.25, -0.2) is 4.98 Å². The fourth-order valence-electron chi connectivity index (χ4n) is 1.85. The van der Waals surface area contributed by atoms with Crippen molar-refractivity contribution in [2.45, 2.75) is 12.0 Å². The Bertz CT molecular complexity index is 433. The summed E-state index contributed by atoms with van der Waals surface area (Å²) in [6.45, 7) is 1.54. The predicted octanol–water partition coefficient (Wildman–Crippen LogP) is 1.27.